The Bertz CT molecular complexity index is 556. The van der Waals surface area contributed by atoms with Gasteiger partial charge in [0.05, 0.1) is 0 Å². The SMILES string of the molecule is CC(C)(C)OC(=O)c1ncc(C(=O)OC(C)(C)C)c(N)n1. The van der Waals surface area contributed by atoms with E-state index in [1.54, 1.807) is 41.5 Å². The molecule has 7 heteroatoms. The second-order valence-electron chi connectivity index (χ2n) is 6.50. The van der Waals surface area contributed by atoms with Gasteiger partial charge in [0.1, 0.15) is 22.6 Å². The Morgan fingerprint density at radius 3 is 1.90 bits per heavy atom. The molecule has 0 unspecified atom stereocenters. The molecule has 0 aromatic carbocycles. The van der Waals surface area contributed by atoms with E-state index in [1.165, 1.54) is 0 Å². The molecule has 1 aromatic heterocycles. The zero-order chi connectivity index (χ0) is 16.4. The zero-order valence-electron chi connectivity index (χ0n) is 13.2. The lowest BCUT2D eigenvalue weighted by Crippen LogP contribution is -2.27. The Balaban J connectivity index is 2.96. The Morgan fingerprint density at radius 1 is 1.00 bits per heavy atom. The lowest BCUT2D eigenvalue weighted by Gasteiger charge is -2.20. The van der Waals surface area contributed by atoms with E-state index in [4.69, 9.17) is 15.2 Å². The van der Waals surface area contributed by atoms with Crippen LogP contribution in [0.3, 0.4) is 0 Å². The predicted molar refractivity (Wildman–Crippen MR) is 76.8 cm³/mol. The van der Waals surface area contributed by atoms with E-state index in [0.717, 1.165) is 6.20 Å². The topological polar surface area (TPSA) is 104 Å². The van der Waals surface area contributed by atoms with Crippen molar-refractivity contribution in [2.24, 2.45) is 0 Å². The summed E-state index contributed by atoms with van der Waals surface area (Å²) in [4.78, 5) is 31.3. The molecule has 0 aliphatic heterocycles. The molecule has 0 atom stereocenters. The van der Waals surface area contributed by atoms with E-state index in [1.807, 2.05) is 0 Å². The number of anilines is 1. The lowest BCUT2D eigenvalue weighted by molar-refractivity contribution is 0.00408. The summed E-state index contributed by atoms with van der Waals surface area (Å²) in [6, 6.07) is 0. The number of hydrogen-bond acceptors (Lipinski definition) is 7. The number of carbonyl (C=O) groups is 2. The van der Waals surface area contributed by atoms with Crippen LogP contribution in [-0.4, -0.2) is 33.1 Å². The van der Waals surface area contributed by atoms with Crippen LogP contribution in [0.1, 0.15) is 62.5 Å². The van der Waals surface area contributed by atoms with Gasteiger partial charge in [-0.15, -0.1) is 0 Å². The van der Waals surface area contributed by atoms with Crippen LogP contribution < -0.4 is 5.73 Å². The first-order chi connectivity index (χ1) is 9.39. The monoisotopic (exact) mass is 295 g/mol. The summed E-state index contributed by atoms with van der Waals surface area (Å²) in [6.07, 6.45) is 1.16. The van der Waals surface area contributed by atoms with Crippen molar-refractivity contribution in [1.82, 2.24) is 9.97 Å². The van der Waals surface area contributed by atoms with Gasteiger partial charge < -0.3 is 15.2 Å². The molecule has 0 saturated carbocycles. The van der Waals surface area contributed by atoms with Crippen LogP contribution in [-0.2, 0) is 9.47 Å². The highest BCUT2D eigenvalue weighted by atomic mass is 16.6. The molecule has 0 aliphatic carbocycles. The third-order valence-electron chi connectivity index (χ3n) is 2.02. The minimum Gasteiger partial charge on any atom is -0.456 e. The number of aromatic nitrogens is 2. The van der Waals surface area contributed by atoms with Crippen molar-refractivity contribution in [2.45, 2.75) is 52.7 Å². The number of rotatable bonds is 2. The number of hydrogen-bond donors (Lipinski definition) is 1. The highest BCUT2D eigenvalue weighted by Gasteiger charge is 2.24. The fourth-order valence-corrected chi connectivity index (χ4v) is 1.31. The number of nitrogens with zero attached hydrogens (tertiary/aromatic N) is 2. The smallest absolute Gasteiger partial charge is 0.376 e. The van der Waals surface area contributed by atoms with Crippen LogP contribution in [0.15, 0.2) is 6.20 Å². The van der Waals surface area contributed by atoms with Crippen molar-refractivity contribution in [2.75, 3.05) is 5.73 Å². The first-order valence-electron chi connectivity index (χ1n) is 6.48. The van der Waals surface area contributed by atoms with Gasteiger partial charge in [0, 0.05) is 6.20 Å². The summed E-state index contributed by atoms with van der Waals surface area (Å²) in [5, 5.41) is 0. The summed E-state index contributed by atoms with van der Waals surface area (Å²) < 4.78 is 10.3. The maximum Gasteiger partial charge on any atom is 0.376 e. The molecule has 0 amide bonds. The standard InChI is InChI=1S/C14H21N3O4/c1-13(2,3)20-11(18)8-7-16-10(17-9(8)15)12(19)21-14(4,5)6/h7H,1-6H3,(H2,15,16,17). The van der Waals surface area contributed by atoms with Gasteiger partial charge in [-0.05, 0) is 41.5 Å². The number of carbonyl (C=O) groups excluding carboxylic acids is 2. The molecule has 1 heterocycles. The number of nitrogen functional groups attached to an aromatic ring is 1. The van der Waals surface area contributed by atoms with Gasteiger partial charge in [0.2, 0.25) is 5.82 Å². The highest BCUT2D eigenvalue weighted by molar-refractivity contribution is 5.95. The molecular formula is C14H21N3O4. The Hall–Kier alpha value is -2.18. The number of esters is 2. The van der Waals surface area contributed by atoms with Gasteiger partial charge in [0.15, 0.2) is 0 Å². The molecule has 116 valence electrons. The molecule has 0 aliphatic rings. The fraction of sp³-hybridized carbons (Fsp3) is 0.571. The quantitative estimate of drug-likeness (QED) is 0.831. The Labute approximate surface area is 123 Å². The van der Waals surface area contributed by atoms with Crippen LogP contribution in [0.25, 0.3) is 0 Å². The highest BCUT2D eigenvalue weighted by Crippen LogP contribution is 2.16. The molecule has 0 fully saturated rings. The summed E-state index contributed by atoms with van der Waals surface area (Å²) in [6.45, 7) is 10.4. The van der Waals surface area contributed by atoms with Crippen LogP contribution in [0.5, 0.6) is 0 Å². The molecular weight excluding hydrogens is 274 g/mol. The largest absolute Gasteiger partial charge is 0.456 e. The van der Waals surface area contributed by atoms with Crippen molar-refractivity contribution in [3.05, 3.63) is 17.6 Å². The predicted octanol–water partition coefficient (Wildman–Crippen LogP) is 1.97. The molecule has 7 nitrogen and oxygen atoms in total. The third-order valence-corrected chi connectivity index (χ3v) is 2.02. The molecule has 2 N–H and O–H groups in total. The van der Waals surface area contributed by atoms with Crippen molar-refractivity contribution in [3.63, 3.8) is 0 Å². The fourth-order valence-electron chi connectivity index (χ4n) is 1.31. The number of ether oxygens (including phenoxy) is 2. The average molecular weight is 295 g/mol. The van der Waals surface area contributed by atoms with Crippen molar-refractivity contribution >= 4 is 17.8 Å². The van der Waals surface area contributed by atoms with Gasteiger partial charge >= 0.3 is 11.9 Å². The van der Waals surface area contributed by atoms with E-state index < -0.39 is 23.1 Å². The minimum atomic E-state index is -0.704. The summed E-state index contributed by atoms with van der Waals surface area (Å²) in [5.41, 5.74) is 4.37. The van der Waals surface area contributed by atoms with E-state index in [-0.39, 0.29) is 17.2 Å². The zero-order valence-corrected chi connectivity index (χ0v) is 13.2. The molecule has 0 spiro atoms. The average Bonchev–Trinajstić information content (AvgIpc) is 2.23. The Kier molecular flexibility index (Phi) is 4.56. The van der Waals surface area contributed by atoms with Crippen LogP contribution in [0.2, 0.25) is 0 Å². The van der Waals surface area contributed by atoms with Gasteiger partial charge in [-0.25, -0.2) is 19.6 Å². The minimum absolute atomic E-state index is 0.0113. The van der Waals surface area contributed by atoms with E-state index in [2.05, 4.69) is 9.97 Å². The molecule has 1 aromatic rings. The maximum absolute atomic E-state index is 11.9. The lowest BCUT2D eigenvalue weighted by atomic mass is 10.2. The first kappa shape index (κ1) is 16.9. The van der Waals surface area contributed by atoms with Crippen molar-refractivity contribution in [1.29, 1.82) is 0 Å². The van der Waals surface area contributed by atoms with E-state index in [0.29, 0.717) is 0 Å². The van der Waals surface area contributed by atoms with E-state index in [9.17, 15) is 9.59 Å². The van der Waals surface area contributed by atoms with Gasteiger partial charge in [-0.3, -0.25) is 0 Å². The molecule has 21 heavy (non-hydrogen) atoms. The third kappa shape index (κ3) is 5.37. The van der Waals surface area contributed by atoms with Gasteiger partial charge in [-0.1, -0.05) is 0 Å². The second-order valence-corrected chi connectivity index (χ2v) is 6.50. The summed E-state index contributed by atoms with van der Waals surface area (Å²) in [5.74, 6) is -1.67. The molecule has 0 saturated heterocycles. The van der Waals surface area contributed by atoms with E-state index >= 15 is 0 Å². The Morgan fingerprint density at radius 2 is 1.48 bits per heavy atom. The number of nitrogens with two attached hydrogens (primary N) is 1. The first-order valence-corrected chi connectivity index (χ1v) is 6.48. The molecule has 0 bridgehead atoms. The normalized spacial score (nSPS) is 11.9. The summed E-state index contributed by atoms with van der Waals surface area (Å²) in [7, 11) is 0. The van der Waals surface area contributed by atoms with Gasteiger partial charge in [-0.2, -0.15) is 0 Å². The second kappa shape index (κ2) is 5.67. The molecule has 1 rings (SSSR count). The van der Waals surface area contributed by atoms with Crippen molar-refractivity contribution in [3.8, 4) is 0 Å². The molecule has 0 radical (unpaired) electrons. The van der Waals surface area contributed by atoms with Crippen molar-refractivity contribution < 1.29 is 19.1 Å². The van der Waals surface area contributed by atoms with Crippen LogP contribution in [0, 0.1) is 0 Å². The summed E-state index contributed by atoms with van der Waals surface area (Å²) >= 11 is 0. The van der Waals surface area contributed by atoms with Gasteiger partial charge in [0.25, 0.3) is 0 Å². The maximum atomic E-state index is 11.9. The van der Waals surface area contributed by atoms with Crippen LogP contribution in [0.4, 0.5) is 5.82 Å². The van der Waals surface area contributed by atoms with Crippen LogP contribution >= 0.6 is 0 Å².